The highest BCUT2D eigenvalue weighted by Crippen LogP contribution is 2.22. The molecule has 3 rings (SSSR count). The Morgan fingerprint density at radius 2 is 2.03 bits per heavy atom. The summed E-state index contributed by atoms with van der Waals surface area (Å²) in [6.45, 7) is 4.85. The number of hydrogen-bond acceptors (Lipinski definition) is 7. The summed E-state index contributed by atoms with van der Waals surface area (Å²) in [4.78, 5) is 31.1. The van der Waals surface area contributed by atoms with Crippen LogP contribution in [-0.4, -0.2) is 91.1 Å². The molecule has 3 atom stereocenters. The molecule has 3 N–H and O–H groups in total. The Hall–Kier alpha value is -2.07. The van der Waals surface area contributed by atoms with E-state index < -0.39 is 6.10 Å². The first kappa shape index (κ1) is 23.6. The molecule has 172 valence electrons. The van der Waals surface area contributed by atoms with E-state index in [0.29, 0.717) is 25.1 Å². The molecule has 1 aromatic rings. The van der Waals surface area contributed by atoms with Gasteiger partial charge in [0.15, 0.2) is 0 Å². The van der Waals surface area contributed by atoms with Crippen molar-refractivity contribution in [2.45, 2.75) is 50.4 Å². The fourth-order valence-corrected chi connectivity index (χ4v) is 4.01. The molecule has 0 radical (unpaired) electrons. The highest BCUT2D eigenvalue weighted by atomic mass is 16.5. The lowest BCUT2D eigenvalue weighted by Crippen LogP contribution is -2.51. The van der Waals surface area contributed by atoms with E-state index in [0.717, 1.165) is 39.3 Å². The van der Waals surface area contributed by atoms with Gasteiger partial charge in [0.25, 0.3) is 0 Å². The number of carbonyl (C=O) groups is 2. The quantitative estimate of drug-likeness (QED) is 0.440. The maximum absolute atomic E-state index is 12.3. The summed E-state index contributed by atoms with van der Waals surface area (Å²) >= 11 is 0. The molecule has 0 spiro atoms. The number of pyridine rings is 1. The topological polar surface area (TPSA) is 113 Å². The predicted octanol–water partition coefficient (Wildman–Crippen LogP) is -0.123. The summed E-state index contributed by atoms with van der Waals surface area (Å²) in [5.41, 5.74) is 0.695. The van der Waals surface area contributed by atoms with Gasteiger partial charge in [-0.1, -0.05) is 6.07 Å². The second kappa shape index (κ2) is 12.7. The molecule has 2 aliphatic rings. The monoisotopic (exact) mass is 434 g/mol. The molecule has 0 saturated carbocycles. The number of nitrogens with zero attached hydrogens (tertiary/aromatic N) is 2. The van der Waals surface area contributed by atoms with Crippen LogP contribution in [0.1, 0.15) is 31.4 Å². The second-order valence-electron chi connectivity index (χ2n) is 8.09. The average Bonchev–Trinajstić information content (AvgIpc) is 2.79. The molecule has 0 unspecified atom stereocenters. The smallest absolute Gasteiger partial charge is 0.226 e. The maximum atomic E-state index is 12.3. The van der Waals surface area contributed by atoms with E-state index in [1.54, 1.807) is 18.3 Å². The van der Waals surface area contributed by atoms with E-state index in [2.05, 4.69) is 20.5 Å². The number of aromatic nitrogens is 1. The number of amides is 2. The lowest BCUT2D eigenvalue weighted by atomic mass is 9.96. The van der Waals surface area contributed by atoms with Crippen molar-refractivity contribution in [3.05, 3.63) is 30.1 Å². The summed E-state index contributed by atoms with van der Waals surface area (Å²) in [5.74, 6) is -0.191. The number of ether oxygens (including phenoxy) is 2. The van der Waals surface area contributed by atoms with Gasteiger partial charge in [-0.05, 0) is 37.9 Å². The minimum atomic E-state index is -0.513. The number of nitrogens with one attached hydrogen (secondary N) is 2. The molecular formula is C22H34N4O5. The molecule has 9 nitrogen and oxygen atoms in total. The Morgan fingerprint density at radius 3 is 2.77 bits per heavy atom. The average molecular weight is 435 g/mol. The third-order valence-electron chi connectivity index (χ3n) is 5.70. The zero-order chi connectivity index (χ0) is 21.9. The minimum absolute atomic E-state index is 0.0405. The lowest BCUT2D eigenvalue weighted by molar-refractivity contribution is -0.135. The number of aliphatic hydroxyl groups excluding tert-OH is 1. The summed E-state index contributed by atoms with van der Waals surface area (Å²) < 4.78 is 11.2. The van der Waals surface area contributed by atoms with Crippen molar-refractivity contribution in [2.24, 2.45) is 0 Å². The normalized spacial score (nSPS) is 24.5. The molecule has 0 bridgehead atoms. The van der Waals surface area contributed by atoms with Crippen LogP contribution in [0.5, 0.6) is 0 Å². The van der Waals surface area contributed by atoms with Gasteiger partial charge >= 0.3 is 0 Å². The molecule has 2 aliphatic heterocycles. The van der Waals surface area contributed by atoms with E-state index in [9.17, 15) is 14.7 Å². The van der Waals surface area contributed by atoms with Crippen molar-refractivity contribution in [3.8, 4) is 0 Å². The molecule has 31 heavy (non-hydrogen) atoms. The first-order valence-electron chi connectivity index (χ1n) is 11.2. The highest BCUT2D eigenvalue weighted by Gasteiger charge is 2.32. The summed E-state index contributed by atoms with van der Waals surface area (Å²) in [6.07, 6.45) is 3.57. The molecule has 0 aliphatic carbocycles. The Bertz CT molecular complexity index is 684. The molecule has 2 amide bonds. The van der Waals surface area contributed by atoms with Crippen LogP contribution in [0.15, 0.2) is 24.4 Å². The number of carbonyl (C=O) groups excluding carboxylic acids is 2. The van der Waals surface area contributed by atoms with Crippen molar-refractivity contribution >= 4 is 11.8 Å². The second-order valence-corrected chi connectivity index (χ2v) is 8.09. The Balaban J connectivity index is 1.33. The lowest BCUT2D eigenvalue weighted by Gasteiger charge is -2.36. The van der Waals surface area contributed by atoms with Gasteiger partial charge in [-0.3, -0.25) is 19.5 Å². The maximum Gasteiger partial charge on any atom is 0.226 e. The predicted molar refractivity (Wildman–Crippen MR) is 114 cm³/mol. The Kier molecular flexibility index (Phi) is 9.67. The van der Waals surface area contributed by atoms with E-state index in [1.807, 2.05) is 6.07 Å². The molecule has 9 heteroatoms. The largest absolute Gasteiger partial charge is 0.394 e. The number of morpholine rings is 1. The van der Waals surface area contributed by atoms with Gasteiger partial charge in [0.2, 0.25) is 11.8 Å². The first-order valence-corrected chi connectivity index (χ1v) is 11.2. The van der Waals surface area contributed by atoms with Crippen LogP contribution in [0.25, 0.3) is 0 Å². The summed E-state index contributed by atoms with van der Waals surface area (Å²) in [6, 6.07) is 5.18. The zero-order valence-electron chi connectivity index (χ0n) is 18.0. The number of aliphatic hydroxyl groups is 1. The zero-order valence-corrected chi connectivity index (χ0v) is 18.0. The van der Waals surface area contributed by atoms with Crippen molar-refractivity contribution in [3.63, 3.8) is 0 Å². The third kappa shape index (κ3) is 8.17. The van der Waals surface area contributed by atoms with E-state index >= 15 is 0 Å². The summed E-state index contributed by atoms with van der Waals surface area (Å²) in [7, 11) is 0. The van der Waals surface area contributed by atoms with Crippen LogP contribution in [0.3, 0.4) is 0 Å². The van der Waals surface area contributed by atoms with Crippen molar-refractivity contribution in [2.75, 3.05) is 46.0 Å². The SMILES string of the molecule is O=C(C[C@@H]1CC[C@@H](NC(=O)Cc2ccccn2)[C@@H](CO)O1)NCCCN1CCOCC1. The van der Waals surface area contributed by atoms with Crippen LogP contribution in [0, 0.1) is 0 Å². The van der Waals surface area contributed by atoms with E-state index in [4.69, 9.17) is 9.47 Å². The first-order chi connectivity index (χ1) is 15.1. The Morgan fingerprint density at radius 1 is 1.19 bits per heavy atom. The van der Waals surface area contributed by atoms with Gasteiger partial charge in [-0.2, -0.15) is 0 Å². The van der Waals surface area contributed by atoms with Gasteiger partial charge in [0, 0.05) is 31.5 Å². The van der Waals surface area contributed by atoms with Crippen LogP contribution in [0.2, 0.25) is 0 Å². The highest BCUT2D eigenvalue weighted by molar-refractivity contribution is 5.78. The van der Waals surface area contributed by atoms with Crippen molar-refractivity contribution in [1.29, 1.82) is 0 Å². The van der Waals surface area contributed by atoms with Gasteiger partial charge in [-0.15, -0.1) is 0 Å². The van der Waals surface area contributed by atoms with E-state index in [1.165, 1.54) is 0 Å². The molecule has 1 aromatic heterocycles. The van der Waals surface area contributed by atoms with Gasteiger partial charge < -0.3 is 25.2 Å². The molecule has 3 heterocycles. The van der Waals surface area contributed by atoms with Crippen molar-refractivity contribution in [1.82, 2.24) is 20.5 Å². The van der Waals surface area contributed by atoms with Crippen LogP contribution in [-0.2, 0) is 25.5 Å². The van der Waals surface area contributed by atoms with Gasteiger partial charge in [0.1, 0.15) is 6.10 Å². The third-order valence-corrected chi connectivity index (χ3v) is 5.70. The summed E-state index contributed by atoms with van der Waals surface area (Å²) in [5, 5.41) is 15.6. The molecule has 2 saturated heterocycles. The standard InChI is InChI=1S/C22H34N4O5/c27-16-20-19(25-22(29)14-17-4-1-2-7-23-17)6-5-18(31-20)15-21(28)24-8-3-9-26-10-12-30-13-11-26/h1-2,4,7,18-20,27H,3,5-6,8-16H2,(H,24,28)(H,25,29)/t18-,19+,20+/m0/s1. The molecule has 2 fully saturated rings. The fourth-order valence-electron chi connectivity index (χ4n) is 4.01. The van der Waals surface area contributed by atoms with E-state index in [-0.39, 0.29) is 43.4 Å². The van der Waals surface area contributed by atoms with Crippen LogP contribution < -0.4 is 10.6 Å². The Labute approximate surface area is 183 Å². The molecule has 0 aromatic carbocycles. The molecular weight excluding hydrogens is 400 g/mol. The van der Waals surface area contributed by atoms with Crippen molar-refractivity contribution < 1.29 is 24.2 Å². The minimum Gasteiger partial charge on any atom is -0.394 e. The number of hydrogen-bond donors (Lipinski definition) is 3. The van der Waals surface area contributed by atoms with Crippen LogP contribution in [0.4, 0.5) is 0 Å². The fraction of sp³-hybridized carbons (Fsp3) is 0.682. The van der Waals surface area contributed by atoms with Gasteiger partial charge in [-0.25, -0.2) is 0 Å². The van der Waals surface area contributed by atoms with Gasteiger partial charge in [0.05, 0.1) is 44.8 Å². The number of rotatable bonds is 10. The van der Waals surface area contributed by atoms with Crippen LogP contribution >= 0.6 is 0 Å².